The molecule has 0 nitrogen and oxygen atoms in total. The number of hydrogen-bond acceptors (Lipinski definition) is 0. The van der Waals surface area contributed by atoms with Gasteiger partial charge in [-0.2, -0.15) is 0 Å². The molecule has 0 spiro atoms. The number of alkyl halides is 1. The Balaban J connectivity index is 3.05. The van der Waals surface area contributed by atoms with E-state index in [0.29, 0.717) is 5.02 Å². The van der Waals surface area contributed by atoms with Crippen LogP contribution in [-0.4, -0.2) is 5.38 Å². The second-order valence-corrected chi connectivity index (χ2v) is 4.66. The van der Waals surface area contributed by atoms with Gasteiger partial charge in [0.05, 0.1) is 0 Å². The third-order valence-electron chi connectivity index (χ3n) is 2.14. The van der Waals surface area contributed by atoms with Gasteiger partial charge in [0.1, 0.15) is 0 Å². The molecular formula is C10H11Cl3. The molecule has 0 saturated carbocycles. The van der Waals surface area contributed by atoms with Gasteiger partial charge in [0.25, 0.3) is 0 Å². The summed E-state index contributed by atoms with van der Waals surface area (Å²) in [6.45, 7) is 3.98. The molecule has 0 aliphatic rings. The quantitative estimate of drug-likeness (QED) is 0.653. The minimum absolute atomic E-state index is 0.0518. The lowest BCUT2D eigenvalue weighted by Gasteiger charge is -2.15. The van der Waals surface area contributed by atoms with E-state index in [0.717, 1.165) is 10.6 Å². The first-order valence-corrected chi connectivity index (χ1v) is 5.30. The molecule has 1 aromatic rings. The molecule has 3 heteroatoms. The van der Waals surface area contributed by atoms with Crippen molar-refractivity contribution >= 4 is 34.8 Å². The first-order valence-electron chi connectivity index (χ1n) is 4.11. The van der Waals surface area contributed by atoms with Gasteiger partial charge in [0, 0.05) is 15.4 Å². The Hall–Kier alpha value is 0.0900. The first-order chi connectivity index (χ1) is 6.02. The van der Waals surface area contributed by atoms with Crippen LogP contribution in [0, 0.1) is 0 Å². The zero-order valence-electron chi connectivity index (χ0n) is 7.52. The molecule has 1 rings (SSSR count). The van der Waals surface area contributed by atoms with E-state index < -0.39 is 0 Å². The van der Waals surface area contributed by atoms with Crippen LogP contribution in [0.5, 0.6) is 0 Å². The molecule has 0 saturated heterocycles. The van der Waals surface area contributed by atoms with Crippen LogP contribution in [0.3, 0.4) is 0 Å². The summed E-state index contributed by atoms with van der Waals surface area (Å²) in [7, 11) is 0. The second-order valence-electron chi connectivity index (χ2n) is 3.13. The number of rotatable bonds is 2. The van der Waals surface area contributed by atoms with Gasteiger partial charge in [-0.25, -0.2) is 0 Å². The van der Waals surface area contributed by atoms with Crippen LogP contribution in [0.1, 0.15) is 25.3 Å². The van der Waals surface area contributed by atoms with Crippen molar-refractivity contribution in [3.63, 3.8) is 0 Å². The topological polar surface area (TPSA) is 0 Å². The molecule has 13 heavy (non-hydrogen) atoms. The Morgan fingerprint density at radius 1 is 1.15 bits per heavy atom. The van der Waals surface area contributed by atoms with Gasteiger partial charge in [-0.1, -0.05) is 30.1 Å². The lowest BCUT2D eigenvalue weighted by atomic mass is 9.98. The van der Waals surface area contributed by atoms with Gasteiger partial charge < -0.3 is 0 Å². The van der Waals surface area contributed by atoms with Crippen molar-refractivity contribution in [3.05, 3.63) is 33.8 Å². The molecule has 2 atom stereocenters. The standard InChI is InChI=1S/C10H11Cl3/c1-6(7(2)11)9-5-8(12)3-4-10(9)13/h3-7H,1-2H3. The van der Waals surface area contributed by atoms with Crippen molar-refractivity contribution in [3.8, 4) is 0 Å². The van der Waals surface area contributed by atoms with Crippen molar-refractivity contribution in [1.82, 2.24) is 0 Å². The molecule has 0 N–H and O–H groups in total. The summed E-state index contributed by atoms with van der Waals surface area (Å²) in [6.07, 6.45) is 0. The third kappa shape index (κ3) is 2.77. The molecular weight excluding hydrogens is 226 g/mol. The molecule has 0 bridgehead atoms. The van der Waals surface area contributed by atoms with Crippen LogP contribution in [0.2, 0.25) is 10.0 Å². The van der Waals surface area contributed by atoms with E-state index >= 15 is 0 Å². The second kappa shape index (κ2) is 4.54. The zero-order chi connectivity index (χ0) is 10.0. The average molecular weight is 238 g/mol. The average Bonchev–Trinajstić information content (AvgIpc) is 2.08. The number of benzene rings is 1. The Morgan fingerprint density at radius 2 is 1.77 bits per heavy atom. The molecule has 0 fully saturated rings. The van der Waals surface area contributed by atoms with Gasteiger partial charge >= 0.3 is 0 Å². The van der Waals surface area contributed by atoms with E-state index in [2.05, 4.69) is 0 Å². The maximum Gasteiger partial charge on any atom is 0.0442 e. The van der Waals surface area contributed by atoms with Crippen LogP contribution in [0.25, 0.3) is 0 Å². The molecule has 72 valence electrons. The fraction of sp³-hybridized carbons (Fsp3) is 0.400. The monoisotopic (exact) mass is 236 g/mol. The van der Waals surface area contributed by atoms with E-state index in [1.807, 2.05) is 19.9 Å². The van der Waals surface area contributed by atoms with E-state index in [9.17, 15) is 0 Å². The normalized spacial score (nSPS) is 15.5. The van der Waals surface area contributed by atoms with Crippen LogP contribution >= 0.6 is 34.8 Å². The summed E-state index contributed by atoms with van der Waals surface area (Å²) < 4.78 is 0. The largest absolute Gasteiger partial charge is 0.123 e. The lowest BCUT2D eigenvalue weighted by Crippen LogP contribution is -2.05. The molecule has 0 aliphatic carbocycles. The summed E-state index contributed by atoms with van der Waals surface area (Å²) in [5.41, 5.74) is 1.01. The molecule has 0 heterocycles. The zero-order valence-corrected chi connectivity index (χ0v) is 9.79. The Morgan fingerprint density at radius 3 is 2.31 bits per heavy atom. The summed E-state index contributed by atoms with van der Waals surface area (Å²) >= 11 is 17.9. The summed E-state index contributed by atoms with van der Waals surface area (Å²) in [6, 6.07) is 5.45. The van der Waals surface area contributed by atoms with E-state index in [1.165, 1.54) is 0 Å². The highest BCUT2D eigenvalue weighted by molar-refractivity contribution is 6.33. The van der Waals surface area contributed by atoms with Crippen LogP contribution in [-0.2, 0) is 0 Å². The van der Waals surface area contributed by atoms with Crippen LogP contribution in [0.15, 0.2) is 18.2 Å². The van der Waals surface area contributed by atoms with Gasteiger partial charge in [-0.15, -0.1) is 11.6 Å². The van der Waals surface area contributed by atoms with Gasteiger partial charge in [0.2, 0.25) is 0 Å². The Bertz CT molecular complexity index is 294. The molecule has 0 amide bonds. The summed E-state index contributed by atoms with van der Waals surface area (Å²) in [5.74, 6) is 0.216. The van der Waals surface area contributed by atoms with Crippen molar-refractivity contribution in [2.45, 2.75) is 25.1 Å². The van der Waals surface area contributed by atoms with E-state index in [1.54, 1.807) is 12.1 Å². The van der Waals surface area contributed by atoms with Crippen molar-refractivity contribution in [2.24, 2.45) is 0 Å². The van der Waals surface area contributed by atoms with Crippen LogP contribution in [0.4, 0.5) is 0 Å². The van der Waals surface area contributed by atoms with Crippen LogP contribution < -0.4 is 0 Å². The summed E-state index contributed by atoms with van der Waals surface area (Å²) in [4.78, 5) is 0. The van der Waals surface area contributed by atoms with Crippen molar-refractivity contribution in [1.29, 1.82) is 0 Å². The minimum Gasteiger partial charge on any atom is -0.123 e. The maximum atomic E-state index is 6.02. The van der Waals surface area contributed by atoms with E-state index in [4.69, 9.17) is 34.8 Å². The smallest absolute Gasteiger partial charge is 0.0442 e. The highest BCUT2D eigenvalue weighted by atomic mass is 35.5. The van der Waals surface area contributed by atoms with E-state index in [-0.39, 0.29) is 11.3 Å². The molecule has 0 radical (unpaired) electrons. The molecule has 0 aliphatic heterocycles. The van der Waals surface area contributed by atoms with Gasteiger partial charge in [-0.3, -0.25) is 0 Å². The number of halogens is 3. The fourth-order valence-corrected chi connectivity index (χ4v) is 1.72. The predicted molar refractivity (Wildman–Crippen MR) is 60.2 cm³/mol. The molecule has 1 aromatic carbocycles. The minimum atomic E-state index is 0.0518. The maximum absolute atomic E-state index is 6.02. The highest BCUT2D eigenvalue weighted by Crippen LogP contribution is 2.31. The lowest BCUT2D eigenvalue weighted by molar-refractivity contribution is 0.743. The predicted octanol–water partition coefficient (Wildman–Crippen LogP) is 4.72. The fourth-order valence-electron chi connectivity index (χ4n) is 1.11. The summed E-state index contributed by atoms with van der Waals surface area (Å²) in [5, 5.41) is 1.48. The number of hydrogen-bond donors (Lipinski definition) is 0. The highest BCUT2D eigenvalue weighted by Gasteiger charge is 2.14. The van der Waals surface area contributed by atoms with Crippen molar-refractivity contribution in [2.75, 3.05) is 0 Å². The molecule has 2 unspecified atom stereocenters. The van der Waals surface area contributed by atoms with Gasteiger partial charge in [0.15, 0.2) is 0 Å². The Labute approximate surface area is 93.8 Å². The first kappa shape index (κ1) is 11.2. The third-order valence-corrected chi connectivity index (χ3v) is 3.09. The Kier molecular flexibility index (Phi) is 3.90. The van der Waals surface area contributed by atoms with Gasteiger partial charge in [-0.05, 0) is 36.6 Å². The molecule has 0 aromatic heterocycles. The SMILES string of the molecule is CC(Cl)C(C)c1cc(Cl)ccc1Cl. The van der Waals surface area contributed by atoms with Crippen molar-refractivity contribution < 1.29 is 0 Å².